The standard InChI is InChI=1S/C7H15N.C2H6.CH5N/c1-7-4-3-5-8(2)6-7;2*1-2/h7H,3-6H2,1-2H3;1-2H3;2H2,1H3. The molecule has 12 heavy (non-hydrogen) atoms. The number of piperidine rings is 1. The molecule has 0 spiro atoms. The van der Waals surface area contributed by atoms with Gasteiger partial charge in [0.1, 0.15) is 0 Å². The van der Waals surface area contributed by atoms with Crippen molar-refractivity contribution in [3.63, 3.8) is 0 Å². The van der Waals surface area contributed by atoms with E-state index in [1.54, 1.807) is 0 Å². The number of nitrogens with two attached hydrogens (primary N) is 1. The lowest BCUT2D eigenvalue weighted by molar-refractivity contribution is 0.221. The summed E-state index contributed by atoms with van der Waals surface area (Å²) in [6.07, 6.45) is 2.84. The van der Waals surface area contributed by atoms with Crippen LogP contribution >= 0.6 is 0 Å². The Bertz CT molecular complexity index is 66.2. The van der Waals surface area contributed by atoms with Crippen molar-refractivity contribution in [2.24, 2.45) is 11.7 Å². The van der Waals surface area contributed by atoms with Gasteiger partial charge in [-0.25, -0.2) is 0 Å². The predicted octanol–water partition coefficient (Wildman–Crippen LogP) is 1.95. The highest BCUT2D eigenvalue weighted by molar-refractivity contribution is 4.65. The Morgan fingerprint density at radius 3 is 2.00 bits per heavy atom. The van der Waals surface area contributed by atoms with Gasteiger partial charge in [0.25, 0.3) is 0 Å². The van der Waals surface area contributed by atoms with Crippen LogP contribution in [0.4, 0.5) is 0 Å². The molecule has 1 saturated heterocycles. The highest BCUT2D eigenvalue weighted by Crippen LogP contribution is 2.12. The van der Waals surface area contributed by atoms with E-state index >= 15 is 0 Å². The van der Waals surface area contributed by atoms with Gasteiger partial charge >= 0.3 is 0 Å². The van der Waals surface area contributed by atoms with Gasteiger partial charge in [0.2, 0.25) is 0 Å². The molecule has 1 rings (SSSR count). The second-order valence-electron chi connectivity index (χ2n) is 3.01. The molecular weight excluding hydrogens is 148 g/mol. The van der Waals surface area contributed by atoms with E-state index in [4.69, 9.17) is 0 Å². The first-order chi connectivity index (χ1) is 5.79. The first kappa shape index (κ1) is 14.4. The van der Waals surface area contributed by atoms with Gasteiger partial charge < -0.3 is 10.6 Å². The SMILES string of the molecule is CC.CC1CCCN(C)C1.CN. The van der Waals surface area contributed by atoms with Crippen molar-refractivity contribution in [2.45, 2.75) is 33.6 Å². The first-order valence-corrected chi connectivity index (χ1v) is 5.05. The van der Waals surface area contributed by atoms with Crippen molar-refractivity contribution in [3.05, 3.63) is 0 Å². The van der Waals surface area contributed by atoms with Crippen molar-refractivity contribution in [2.75, 3.05) is 27.2 Å². The summed E-state index contributed by atoms with van der Waals surface area (Å²) >= 11 is 0. The van der Waals surface area contributed by atoms with Gasteiger partial charge in [-0.1, -0.05) is 20.8 Å². The predicted molar refractivity (Wildman–Crippen MR) is 57.4 cm³/mol. The normalized spacial score (nSPS) is 23.0. The molecule has 1 aliphatic rings. The van der Waals surface area contributed by atoms with E-state index in [-0.39, 0.29) is 0 Å². The average molecular weight is 174 g/mol. The van der Waals surface area contributed by atoms with Gasteiger partial charge in [0, 0.05) is 6.54 Å². The van der Waals surface area contributed by atoms with Gasteiger partial charge in [0.15, 0.2) is 0 Å². The Labute approximate surface area is 78.1 Å². The van der Waals surface area contributed by atoms with Crippen molar-refractivity contribution in [1.82, 2.24) is 4.90 Å². The molecule has 2 nitrogen and oxygen atoms in total. The van der Waals surface area contributed by atoms with E-state index in [0.717, 1.165) is 5.92 Å². The zero-order valence-corrected chi connectivity index (χ0v) is 9.43. The largest absolute Gasteiger partial charge is 0.333 e. The topological polar surface area (TPSA) is 29.3 Å². The lowest BCUT2D eigenvalue weighted by Gasteiger charge is -2.26. The molecule has 2 N–H and O–H groups in total. The molecule has 0 saturated carbocycles. The van der Waals surface area contributed by atoms with Gasteiger partial charge in [0.05, 0.1) is 0 Å². The van der Waals surface area contributed by atoms with Crippen LogP contribution in [0.3, 0.4) is 0 Å². The summed E-state index contributed by atoms with van der Waals surface area (Å²) in [5, 5.41) is 0. The second kappa shape index (κ2) is 10.9. The summed E-state index contributed by atoms with van der Waals surface area (Å²) in [5.74, 6) is 0.939. The number of hydrogen-bond donors (Lipinski definition) is 1. The van der Waals surface area contributed by atoms with Crippen LogP contribution < -0.4 is 5.73 Å². The molecule has 0 aromatic rings. The molecule has 0 bridgehead atoms. The summed E-state index contributed by atoms with van der Waals surface area (Å²) in [6.45, 7) is 8.94. The Hall–Kier alpha value is -0.0800. The fourth-order valence-electron chi connectivity index (χ4n) is 1.42. The Balaban J connectivity index is 0. The van der Waals surface area contributed by atoms with Crippen LogP contribution in [0, 0.1) is 5.92 Å². The molecule has 1 fully saturated rings. The highest BCUT2D eigenvalue weighted by Gasteiger charge is 2.11. The number of likely N-dealkylation sites (tertiary alicyclic amines) is 1. The van der Waals surface area contributed by atoms with Crippen molar-refractivity contribution in [3.8, 4) is 0 Å². The van der Waals surface area contributed by atoms with Crippen LogP contribution in [0.15, 0.2) is 0 Å². The molecule has 0 aromatic carbocycles. The third-order valence-electron chi connectivity index (χ3n) is 1.86. The van der Waals surface area contributed by atoms with Crippen molar-refractivity contribution < 1.29 is 0 Å². The molecule has 76 valence electrons. The smallest absolute Gasteiger partial charge is 0.000398 e. The number of nitrogens with zero attached hydrogens (tertiary/aromatic N) is 1. The number of rotatable bonds is 0. The van der Waals surface area contributed by atoms with E-state index in [9.17, 15) is 0 Å². The zero-order chi connectivity index (χ0) is 9.98. The minimum atomic E-state index is 0.939. The first-order valence-electron chi connectivity index (χ1n) is 5.05. The van der Waals surface area contributed by atoms with Gasteiger partial charge in [-0.3, -0.25) is 0 Å². The Kier molecular flexibility index (Phi) is 13.1. The fraction of sp³-hybridized carbons (Fsp3) is 1.00. The Morgan fingerprint density at radius 2 is 1.75 bits per heavy atom. The average Bonchev–Trinajstić information content (AvgIpc) is 2.11. The minimum absolute atomic E-state index is 0.939. The molecule has 0 radical (unpaired) electrons. The van der Waals surface area contributed by atoms with Crippen molar-refractivity contribution in [1.29, 1.82) is 0 Å². The van der Waals surface area contributed by atoms with Crippen LogP contribution in [0.5, 0.6) is 0 Å². The molecule has 1 aliphatic heterocycles. The summed E-state index contributed by atoms with van der Waals surface area (Å²) in [7, 11) is 3.70. The van der Waals surface area contributed by atoms with E-state index in [0.29, 0.717) is 0 Å². The lowest BCUT2D eigenvalue weighted by atomic mass is 10.0. The van der Waals surface area contributed by atoms with Gasteiger partial charge in [-0.15, -0.1) is 0 Å². The summed E-state index contributed by atoms with van der Waals surface area (Å²) in [4.78, 5) is 2.41. The van der Waals surface area contributed by atoms with E-state index < -0.39 is 0 Å². The summed E-state index contributed by atoms with van der Waals surface area (Å²) in [6, 6.07) is 0. The zero-order valence-electron chi connectivity index (χ0n) is 9.43. The second-order valence-corrected chi connectivity index (χ2v) is 3.01. The fourth-order valence-corrected chi connectivity index (χ4v) is 1.42. The molecule has 0 aliphatic carbocycles. The molecule has 0 aromatic heterocycles. The van der Waals surface area contributed by atoms with Crippen LogP contribution in [-0.4, -0.2) is 32.1 Å². The van der Waals surface area contributed by atoms with Gasteiger partial charge in [-0.2, -0.15) is 0 Å². The monoisotopic (exact) mass is 174 g/mol. The minimum Gasteiger partial charge on any atom is -0.333 e. The summed E-state index contributed by atoms with van der Waals surface area (Å²) in [5.41, 5.74) is 4.50. The third-order valence-corrected chi connectivity index (χ3v) is 1.86. The van der Waals surface area contributed by atoms with E-state index in [2.05, 4.69) is 24.6 Å². The molecular formula is C10H26N2. The lowest BCUT2D eigenvalue weighted by Crippen LogP contribution is -2.30. The van der Waals surface area contributed by atoms with E-state index in [1.807, 2.05) is 13.8 Å². The van der Waals surface area contributed by atoms with Crippen LogP contribution in [0.1, 0.15) is 33.6 Å². The quantitative estimate of drug-likeness (QED) is 0.608. The van der Waals surface area contributed by atoms with E-state index in [1.165, 1.54) is 33.0 Å². The van der Waals surface area contributed by atoms with Crippen LogP contribution in [-0.2, 0) is 0 Å². The third kappa shape index (κ3) is 8.02. The maximum atomic E-state index is 4.50. The molecule has 2 heteroatoms. The molecule has 0 amide bonds. The van der Waals surface area contributed by atoms with Gasteiger partial charge in [-0.05, 0) is 39.4 Å². The Morgan fingerprint density at radius 1 is 1.25 bits per heavy atom. The van der Waals surface area contributed by atoms with Crippen LogP contribution in [0.25, 0.3) is 0 Å². The molecule has 1 heterocycles. The maximum absolute atomic E-state index is 4.50. The number of hydrogen-bond acceptors (Lipinski definition) is 2. The summed E-state index contributed by atoms with van der Waals surface area (Å²) < 4.78 is 0. The maximum Gasteiger partial charge on any atom is 0.000398 e. The molecule has 1 unspecified atom stereocenters. The molecule has 1 atom stereocenters. The van der Waals surface area contributed by atoms with Crippen molar-refractivity contribution >= 4 is 0 Å². The highest BCUT2D eigenvalue weighted by atomic mass is 15.1. The van der Waals surface area contributed by atoms with Crippen LogP contribution in [0.2, 0.25) is 0 Å².